The number of rotatable bonds is 2. The number of hydrogen-bond donors (Lipinski definition) is 0. The molecule has 11 aromatic rings. The van der Waals surface area contributed by atoms with E-state index in [9.17, 15) is 0 Å². The molecule has 0 aliphatic heterocycles. The molecule has 0 aliphatic rings. The summed E-state index contributed by atoms with van der Waals surface area (Å²) in [6, 6.07) is 79.8. The van der Waals surface area contributed by atoms with Crippen molar-refractivity contribution in [1.29, 1.82) is 0 Å². The van der Waals surface area contributed by atoms with Crippen LogP contribution in [0.3, 0.4) is 0 Å². The van der Waals surface area contributed by atoms with Crippen LogP contribution in [0.5, 0.6) is 0 Å². The Kier molecular flexibility index (Phi) is 7.53. The molecule has 0 bridgehead atoms. The lowest BCUT2D eigenvalue weighted by atomic mass is 10.0. The molecule has 0 radical (unpaired) electrons. The summed E-state index contributed by atoms with van der Waals surface area (Å²) in [7, 11) is 0. The molecular formula is C54H36N2. The quantitative estimate of drug-likeness (QED) is 0.169. The summed E-state index contributed by atoms with van der Waals surface area (Å²) in [5.41, 5.74) is 6.73. The van der Waals surface area contributed by atoms with E-state index >= 15 is 0 Å². The SMILES string of the molecule is c1ccc2c(c1)c1ccccc1c1ccccc1n(-c1ccc(-n3c4ccccc4c4ccccc4c4ccccc4c4ccccc43)cc1)c1ccccc21. The van der Waals surface area contributed by atoms with Crippen LogP contribution in [-0.2, 0) is 0 Å². The second kappa shape index (κ2) is 13.2. The standard InChI is InChI=1S/C54H36N2/c1-5-21-43-39(17-1)40-18-2-6-22-44(40)48-26-10-14-30-52(48)55(51-29-13-9-25-47(43)51)37-33-35-38(36-34-37)56-53-31-15-11-27-49(53)45-23-7-3-19-41(45)42-20-4-8-24-46(42)50-28-12-16-32-54(50)56/h1-36H. The van der Waals surface area contributed by atoms with Crippen LogP contribution in [0, 0.1) is 0 Å². The van der Waals surface area contributed by atoms with E-state index in [1.807, 2.05) is 0 Å². The summed E-state index contributed by atoms with van der Waals surface area (Å²) in [5, 5.41) is 14.6. The summed E-state index contributed by atoms with van der Waals surface area (Å²) in [6.07, 6.45) is 0. The Bertz CT molecular complexity index is 3030. The van der Waals surface area contributed by atoms with Crippen LogP contribution in [-0.4, -0.2) is 9.13 Å². The third kappa shape index (κ3) is 5.04. The van der Waals surface area contributed by atoms with Gasteiger partial charge in [-0.2, -0.15) is 0 Å². The number of para-hydroxylation sites is 4. The summed E-state index contributed by atoms with van der Waals surface area (Å²) < 4.78 is 4.89. The summed E-state index contributed by atoms with van der Waals surface area (Å²) in [4.78, 5) is 0. The molecule has 56 heavy (non-hydrogen) atoms. The van der Waals surface area contributed by atoms with Crippen molar-refractivity contribution in [1.82, 2.24) is 9.13 Å². The lowest BCUT2D eigenvalue weighted by molar-refractivity contribution is 1.14. The first-order valence-corrected chi connectivity index (χ1v) is 19.3. The maximum atomic E-state index is 2.44. The molecule has 0 amide bonds. The maximum Gasteiger partial charge on any atom is 0.0540 e. The Morgan fingerprint density at radius 2 is 0.321 bits per heavy atom. The van der Waals surface area contributed by atoms with Crippen molar-refractivity contribution in [3.8, 4) is 11.4 Å². The molecule has 262 valence electrons. The molecule has 0 aliphatic carbocycles. The molecule has 2 aromatic heterocycles. The highest BCUT2D eigenvalue weighted by molar-refractivity contribution is 6.21. The molecule has 0 N–H and O–H groups in total. The molecule has 9 aromatic carbocycles. The highest BCUT2D eigenvalue weighted by Crippen LogP contribution is 2.36. The Labute approximate surface area is 324 Å². The van der Waals surface area contributed by atoms with Crippen LogP contribution in [0.15, 0.2) is 218 Å². The zero-order chi connectivity index (χ0) is 37.0. The van der Waals surface area contributed by atoms with Crippen molar-refractivity contribution >= 4 is 86.7 Å². The summed E-state index contributed by atoms with van der Waals surface area (Å²) >= 11 is 0. The number of benzene rings is 9. The van der Waals surface area contributed by atoms with Crippen molar-refractivity contribution in [2.75, 3.05) is 0 Å². The van der Waals surface area contributed by atoms with Gasteiger partial charge in [0.15, 0.2) is 0 Å². The van der Waals surface area contributed by atoms with E-state index in [1.54, 1.807) is 0 Å². The van der Waals surface area contributed by atoms with Crippen molar-refractivity contribution in [3.63, 3.8) is 0 Å². The average molecular weight is 713 g/mol. The minimum absolute atomic E-state index is 1.09. The molecule has 0 atom stereocenters. The van der Waals surface area contributed by atoms with Crippen LogP contribution >= 0.6 is 0 Å². The highest BCUT2D eigenvalue weighted by atomic mass is 15.0. The lowest BCUT2D eigenvalue weighted by Crippen LogP contribution is -2.01. The van der Waals surface area contributed by atoms with Gasteiger partial charge in [-0.1, -0.05) is 170 Å². The first-order chi connectivity index (χ1) is 27.8. The largest absolute Gasteiger partial charge is 0.309 e. The third-order valence-corrected chi connectivity index (χ3v) is 11.4. The van der Waals surface area contributed by atoms with Gasteiger partial charge in [-0.25, -0.2) is 0 Å². The van der Waals surface area contributed by atoms with Crippen LogP contribution in [0.1, 0.15) is 0 Å². The monoisotopic (exact) mass is 712 g/mol. The van der Waals surface area contributed by atoms with E-state index in [2.05, 4.69) is 228 Å². The normalized spacial score (nSPS) is 11.6. The van der Waals surface area contributed by atoms with Gasteiger partial charge < -0.3 is 9.13 Å². The maximum absolute atomic E-state index is 2.44. The van der Waals surface area contributed by atoms with Gasteiger partial charge in [0.05, 0.1) is 22.1 Å². The molecule has 2 heterocycles. The van der Waals surface area contributed by atoms with Gasteiger partial charge >= 0.3 is 0 Å². The van der Waals surface area contributed by atoms with Crippen molar-refractivity contribution < 1.29 is 0 Å². The van der Waals surface area contributed by atoms with Crippen molar-refractivity contribution in [3.05, 3.63) is 218 Å². The van der Waals surface area contributed by atoms with Gasteiger partial charge in [0.1, 0.15) is 0 Å². The minimum Gasteiger partial charge on any atom is -0.309 e. The van der Waals surface area contributed by atoms with Gasteiger partial charge in [0, 0.05) is 32.9 Å². The van der Waals surface area contributed by atoms with Crippen LogP contribution in [0.25, 0.3) is 98.1 Å². The fraction of sp³-hybridized carbons (Fsp3) is 0. The molecule has 2 nitrogen and oxygen atoms in total. The van der Waals surface area contributed by atoms with Gasteiger partial charge in [-0.3, -0.25) is 0 Å². The topological polar surface area (TPSA) is 9.86 Å². The molecule has 2 heteroatoms. The van der Waals surface area contributed by atoms with Crippen molar-refractivity contribution in [2.24, 2.45) is 0 Å². The molecule has 0 saturated heterocycles. The smallest absolute Gasteiger partial charge is 0.0540 e. The van der Waals surface area contributed by atoms with Crippen LogP contribution < -0.4 is 0 Å². The van der Waals surface area contributed by atoms with E-state index in [1.165, 1.54) is 64.6 Å². The Balaban J connectivity index is 1.29. The van der Waals surface area contributed by atoms with Gasteiger partial charge in [0.2, 0.25) is 0 Å². The average Bonchev–Trinajstić information content (AvgIpc) is 3.35. The molecular weight excluding hydrogens is 677 g/mol. The summed E-state index contributed by atoms with van der Waals surface area (Å²) in [6.45, 7) is 0. The van der Waals surface area contributed by atoms with Gasteiger partial charge in [0.25, 0.3) is 0 Å². The number of aromatic nitrogens is 2. The zero-order valence-electron chi connectivity index (χ0n) is 30.7. The number of fused-ring (bicyclic) bond motifs is 14. The first kappa shape index (κ1) is 32.0. The Morgan fingerprint density at radius 1 is 0.161 bits per heavy atom. The zero-order valence-corrected chi connectivity index (χ0v) is 30.7. The molecule has 0 spiro atoms. The number of nitrogens with zero attached hydrogens (tertiary/aromatic N) is 2. The van der Waals surface area contributed by atoms with E-state index in [4.69, 9.17) is 0 Å². The molecule has 11 rings (SSSR count). The predicted molar refractivity (Wildman–Crippen MR) is 240 cm³/mol. The minimum atomic E-state index is 1.09. The van der Waals surface area contributed by atoms with E-state index < -0.39 is 0 Å². The number of hydrogen-bond acceptors (Lipinski definition) is 0. The van der Waals surface area contributed by atoms with Gasteiger partial charge in [-0.15, -0.1) is 0 Å². The molecule has 0 saturated carbocycles. The molecule has 0 fully saturated rings. The Hall–Kier alpha value is -7.42. The molecule has 0 unspecified atom stereocenters. The van der Waals surface area contributed by atoms with E-state index in [0.29, 0.717) is 0 Å². The second-order valence-electron chi connectivity index (χ2n) is 14.4. The fourth-order valence-corrected chi connectivity index (χ4v) is 8.96. The predicted octanol–water partition coefficient (Wildman–Crippen LogP) is 14.7. The second-order valence-corrected chi connectivity index (χ2v) is 14.4. The van der Waals surface area contributed by atoms with E-state index in [0.717, 1.165) is 33.4 Å². The highest BCUT2D eigenvalue weighted by Gasteiger charge is 2.13. The van der Waals surface area contributed by atoms with Gasteiger partial charge in [-0.05, 0) is 91.6 Å². The first-order valence-electron chi connectivity index (χ1n) is 19.3. The van der Waals surface area contributed by atoms with Crippen LogP contribution in [0.2, 0.25) is 0 Å². The van der Waals surface area contributed by atoms with Crippen LogP contribution in [0.4, 0.5) is 0 Å². The van der Waals surface area contributed by atoms with Crippen molar-refractivity contribution in [2.45, 2.75) is 0 Å². The summed E-state index contributed by atoms with van der Waals surface area (Å²) in [5.74, 6) is 0. The third-order valence-electron chi connectivity index (χ3n) is 11.4. The Morgan fingerprint density at radius 3 is 0.536 bits per heavy atom. The van der Waals surface area contributed by atoms with E-state index in [-0.39, 0.29) is 0 Å². The fourth-order valence-electron chi connectivity index (χ4n) is 8.96. The lowest BCUT2D eigenvalue weighted by Gasteiger charge is -2.17.